The van der Waals surface area contributed by atoms with Gasteiger partial charge in [0.25, 0.3) is 11.8 Å². The van der Waals surface area contributed by atoms with E-state index in [9.17, 15) is 9.59 Å². The average Bonchev–Trinajstić information content (AvgIpc) is 2.29. The number of nitrogens with zero attached hydrogens (tertiary/aromatic N) is 1. The van der Waals surface area contributed by atoms with Gasteiger partial charge in [0.05, 0.1) is 11.1 Å². The van der Waals surface area contributed by atoms with Gasteiger partial charge in [0, 0.05) is 0 Å². The molecule has 62 valence electrons. The Kier molecular flexibility index (Phi) is 1.93. The van der Waals surface area contributed by atoms with Crippen LogP contribution in [0.25, 0.3) is 0 Å². The van der Waals surface area contributed by atoms with Crippen LogP contribution >= 0.6 is 0 Å². The van der Waals surface area contributed by atoms with Gasteiger partial charge in [-0.3, -0.25) is 14.8 Å². The second kappa shape index (κ2) is 2.75. The van der Waals surface area contributed by atoms with Gasteiger partial charge >= 0.3 is 0 Å². The Morgan fingerprint density at radius 2 is 1.42 bits per heavy atom. The van der Waals surface area contributed by atoms with Crippen molar-refractivity contribution in [2.24, 2.45) is 0 Å². The van der Waals surface area contributed by atoms with Gasteiger partial charge < -0.3 is 0 Å². The van der Waals surface area contributed by atoms with E-state index in [0.29, 0.717) is 0 Å². The third-order valence-corrected chi connectivity index (χ3v) is 1.54. The van der Waals surface area contributed by atoms with Gasteiger partial charge in [-0.25, -0.2) is 0 Å². The Labute approximate surface area is 69.1 Å². The molecule has 0 saturated carbocycles. The molecule has 12 heavy (non-hydrogen) atoms. The second-order valence-electron chi connectivity index (χ2n) is 2.16. The summed E-state index contributed by atoms with van der Waals surface area (Å²) in [6, 6.07) is 0. The van der Waals surface area contributed by atoms with Crippen LogP contribution in [0.15, 0.2) is 36.5 Å². The summed E-state index contributed by atoms with van der Waals surface area (Å²) in [6.07, 6.45) is 2.43. The normalized spacial score (nSPS) is 17.2. The number of carbonyl (C=O) groups excluding carboxylic acids is 2. The van der Waals surface area contributed by atoms with Crippen molar-refractivity contribution in [2.45, 2.75) is 0 Å². The molecule has 1 rings (SSSR count). The lowest BCUT2D eigenvalue weighted by Gasteiger charge is -2.01. The minimum atomic E-state index is -0.759. The molecule has 0 aromatic carbocycles. The fraction of sp³-hybridized carbons (Fsp3) is 0. The van der Waals surface area contributed by atoms with Crippen LogP contribution in [0.4, 0.5) is 0 Å². The number of hydrogen-bond acceptors (Lipinski definition) is 3. The standard InChI is InChI=1S/C8H7NO3/c1-3-5-6(4-2)8(11)9(12)7(5)10/h3-4,12H,1-2H2. The first-order chi connectivity index (χ1) is 5.63. The molecular formula is C8H7NO3. The largest absolute Gasteiger partial charge is 0.285 e. The first-order valence-corrected chi connectivity index (χ1v) is 3.20. The number of amides is 2. The van der Waals surface area contributed by atoms with Crippen molar-refractivity contribution < 1.29 is 14.8 Å². The highest BCUT2D eigenvalue weighted by Gasteiger charge is 2.34. The number of hydroxylamine groups is 2. The lowest BCUT2D eigenvalue weighted by atomic mass is 10.1. The summed E-state index contributed by atoms with van der Waals surface area (Å²) < 4.78 is 0. The van der Waals surface area contributed by atoms with E-state index in [0.717, 1.165) is 0 Å². The maximum atomic E-state index is 11.0. The number of rotatable bonds is 2. The van der Waals surface area contributed by atoms with Crippen LogP contribution in [0, 0.1) is 0 Å². The SMILES string of the molecule is C=CC1=C(C=C)C(=O)N(O)C1=O. The summed E-state index contributed by atoms with van der Waals surface area (Å²) in [6.45, 7) is 6.69. The van der Waals surface area contributed by atoms with Gasteiger partial charge in [-0.2, -0.15) is 0 Å². The smallest absolute Gasteiger partial charge is 0.278 e. The van der Waals surface area contributed by atoms with Crippen LogP contribution < -0.4 is 0 Å². The number of carbonyl (C=O) groups is 2. The molecule has 1 aliphatic heterocycles. The molecule has 0 aliphatic carbocycles. The highest BCUT2D eigenvalue weighted by molar-refractivity contribution is 6.20. The van der Waals surface area contributed by atoms with E-state index in [1.807, 2.05) is 0 Å². The molecule has 4 heteroatoms. The Balaban J connectivity index is 3.27. The predicted molar refractivity (Wildman–Crippen MR) is 41.1 cm³/mol. The molecule has 0 aromatic rings. The maximum Gasteiger partial charge on any atom is 0.285 e. The summed E-state index contributed by atoms with van der Waals surface area (Å²) in [7, 11) is 0. The van der Waals surface area contributed by atoms with E-state index in [4.69, 9.17) is 5.21 Å². The Morgan fingerprint density at radius 1 is 1.08 bits per heavy atom. The highest BCUT2D eigenvalue weighted by atomic mass is 16.5. The summed E-state index contributed by atoms with van der Waals surface area (Å²) in [4.78, 5) is 22.0. The number of hydrogen-bond donors (Lipinski definition) is 1. The summed E-state index contributed by atoms with van der Waals surface area (Å²) >= 11 is 0. The number of imide groups is 1. The van der Waals surface area contributed by atoms with Crippen molar-refractivity contribution in [1.29, 1.82) is 0 Å². The van der Waals surface area contributed by atoms with E-state index >= 15 is 0 Å². The fourth-order valence-electron chi connectivity index (χ4n) is 0.945. The lowest BCUT2D eigenvalue weighted by molar-refractivity contribution is -0.169. The second-order valence-corrected chi connectivity index (χ2v) is 2.16. The van der Waals surface area contributed by atoms with Gasteiger partial charge in [-0.05, 0) is 0 Å². The van der Waals surface area contributed by atoms with E-state index in [-0.39, 0.29) is 16.2 Å². The van der Waals surface area contributed by atoms with Crippen molar-refractivity contribution >= 4 is 11.8 Å². The minimum Gasteiger partial charge on any atom is -0.278 e. The van der Waals surface area contributed by atoms with E-state index in [1.165, 1.54) is 12.2 Å². The van der Waals surface area contributed by atoms with Crippen LogP contribution in [-0.4, -0.2) is 22.1 Å². The summed E-state index contributed by atoms with van der Waals surface area (Å²) in [5.74, 6) is -1.52. The Bertz CT molecular complexity index is 284. The molecule has 0 radical (unpaired) electrons. The average molecular weight is 165 g/mol. The molecule has 0 saturated heterocycles. The van der Waals surface area contributed by atoms with Crippen LogP contribution in [-0.2, 0) is 9.59 Å². The van der Waals surface area contributed by atoms with Gasteiger partial charge in [0.2, 0.25) is 0 Å². The molecule has 2 amide bonds. The zero-order valence-electron chi connectivity index (χ0n) is 6.28. The van der Waals surface area contributed by atoms with Crippen molar-refractivity contribution in [3.8, 4) is 0 Å². The van der Waals surface area contributed by atoms with Crippen molar-refractivity contribution in [2.75, 3.05) is 0 Å². The van der Waals surface area contributed by atoms with Crippen LogP contribution in [0.2, 0.25) is 0 Å². The van der Waals surface area contributed by atoms with Crippen molar-refractivity contribution in [3.05, 3.63) is 36.5 Å². The molecule has 0 atom stereocenters. The molecule has 0 fully saturated rings. The fourth-order valence-corrected chi connectivity index (χ4v) is 0.945. The Hall–Kier alpha value is -1.68. The molecule has 0 spiro atoms. The summed E-state index contributed by atoms with van der Waals surface area (Å²) in [5, 5.41) is 8.92. The van der Waals surface area contributed by atoms with Crippen LogP contribution in [0.3, 0.4) is 0 Å². The molecule has 1 N–H and O–H groups in total. The molecule has 0 aromatic heterocycles. The topological polar surface area (TPSA) is 57.6 Å². The van der Waals surface area contributed by atoms with Gasteiger partial charge in [-0.15, -0.1) is 5.06 Å². The first-order valence-electron chi connectivity index (χ1n) is 3.20. The van der Waals surface area contributed by atoms with Gasteiger partial charge in [-0.1, -0.05) is 25.3 Å². The van der Waals surface area contributed by atoms with Crippen LogP contribution in [0.5, 0.6) is 0 Å². The predicted octanol–water partition coefficient (Wildman–Crippen LogP) is 0.413. The van der Waals surface area contributed by atoms with Crippen molar-refractivity contribution in [1.82, 2.24) is 5.06 Å². The highest BCUT2D eigenvalue weighted by Crippen LogP contribution is 2.19. The lowest BCUT2D eigenvalue weighted by Crippen LogP contribution is -2.27. The van der Waals surface area contributed by atoms with Gasteiger partial charge in [0.15, 0.2) is 0 Å². The zero-order chi connectivity index (χ0) is 9.30. The third kappa shape index (κ3) is 0.895. The van der Waals surface area contributed by atoms with E-state index in [1.54, 1.807) is 0 Å². The van der Waals surface area contributed by atoms with Crippen molar-refractivity contribution in [3.63, 3.8) is 0 Å². The molecule has 1 aliphatic rings. The molecule has 1 heterocycles. The molecular weight excluding hydrogens is 158 g/mol. The van der Waals surface area contributed by atoms with E-state index in [2.05, 4.69) is 13.2 Å². The monoisotopic (exact) mass is 165 g/mol. The summed E-state index contributed by atoms with van der Waals surface area (Å²) in [5.41, 5.74) is 0.162. The van der Waals surface area contributed by atoms with E-state index < -0.39 is 11.8 Å². The molecule has 0 unspecified atom stereocenters. The first kappa shape index (κ1) is 8.42. The van der Waals surface area contributed by atoms with Gasteiger partial charge in [0.1, 0.15) is 0 Å². The molecule has 4 nitrogen and oxygen atoms in total. The maximum absolute atomic E-state index is 11.0. The zero-order valence-corrected chi connectivity index (χ0v) is 6.28. The molecule has 0 bridgehead atoms. The quantitative estimate of drug-likeness (QED) is 0.476. The minimum absolute atomic E-state index is 0.0496. The van der Waals surface area contributed by atoms with Crippen LogP contribution in [0.1, 0.15) is 0 Å². The Morgan fingerprint density at radius 3 is 1.67 bits per heavy atom. The third-order valence-electron chi connectivity index (χ3n) is 1.54.